The molecule has 0 saturated heterocycles. The van der Waals surface area contributed by atoms with Gasteiger partial charge in [0.2, 0.25) is 5.95 Å². The molecule has 28 heavy (non-hydrogen) atoms. The first-order valence-corrected chi connectivity index (χ1v) is 9.67. The zero-order valence-electron chi connectivity index (χ0n) is 15.1. The summed E-state index contributed by atoms with van der Waals surface area (Å²) in [5.41, 5.74) is 2.22. The first-order chi connectivity index (χ1) is 13.5. The molecule has 1 aliphatic rings. The fourth-order valence-corrected chi connectivity index (χ4v) is 4.37. The van der Waals surface area contributed by atoms with Crippen LogP contribution in [-0.4, -0.2) is 36.3 Å². The number of fused-ring (bicyclic) bond motifs is 3. The second kappa shape index (κ2) is 7.35. The Kier molecular flexibility index (Phi) is 5.04. The zero-order valence-corrected chi connectivity index (χ0v) is 17.4. The van der Waals surface area contributed by atoms with Crippen LogP contribution in [0.5, 0.6) is 5.75 Å². The van der Waals surface area contributed by atoms with Gasteiger partial charge in [-0.05, 0) is 18.6 Å². The molecule has 1 aliphatic heterocycles. The van der Waals surface area contributed by atoms with Crippen LogP contribution in [0.2, 0.25) is 15.1 Å². The Labute approximate surface area is 176 Å². The zero-order chi connectivity index (χ0) is 20.0. The van der Waals surface area contributed by atoms with Crippen molar-refractivity contribution < 1.29 is 14.3 Å². The van der Waals surface area contributed by atoms with Gasteiger partial charge in [-0.25, -0.2) is 9.78 Å². The van der Waals surface area contributed by atoms with Crippen molar-refractivity contribution in [2.24, 2.45) is 0 Å². The quantitative estimate of drug-likeness (QED) is 0.515. The first-order valence-electron chi connectivity index (χ1n) is 8.54. The van der Waals surface area contributed by atoms with Gasteiger partial charge < -0.3 is 18.9 Å². The van der Waals surface area contributed by atoms with Gasteiger partial charge in [0.15, 0.2) is 0 Å². The maximum atomic E-state index is 12.3. The van der Waals surface area contributed by atoms with Crippen molar-refractivity contribution in [3.63, 3.8) is 0 Å². The number of carbonyl (C=O) groups is 1. The van der Waals surface area contributed by atoms with E-state index in [0.717, 1.165) is 6.42 Å². The Morgan fingerprint density at radius 3 is 2.43 bits per heavy atom. The van der Waals surface area contributed by atoms with E-state index in [2.05, 4.69) is 0 Å². The second-order valence-corrected chi connectivity index (χ2v) is 7.51. The van der Waals surface area contributed by atoms with E-state index in [0.29, 0.717) is 62.1 Å². The number of imidazole rings is 1. The standard InChI is InChI=1S/C19H16Cl3N3O3/c1-27-10-8-13(21)17(14(22)9-10)25-7-3-6-24-16-11(18(26)28-2)4-5-12(20)15(16)23-19(24)25/h4-5,8-9H,3,6-7H2,1-2H3. The van der Waals surface area contributed by atoms with E-state index in [1.807, 2.05) is 9.47 Å². The molecule has 9 heteroatoms. The third kappa shape index (κ3) is 2.96. The van der Waals surface area contributed by atoms with Crippen LogP contribution in [0.25, 0.3) is 11.0 Å². The Balaban J connectivity index is 1.96. The van der Waals surface area contributed by atoms with Gasteiger partial charge in [0.25, 0.3) is 0 Å². The van der Waals surface area contributed by atoms with Crippen molar-refractivity contribution in [1.29, 1.82) is 0 Å². The molecule has 0 radical (unpaired) electrons. The normalized spacial score (nSPS) is 13.5. The Morgan fingerprint density at radius 1 is 1.07 bits per heavy atom. The number of hydrogen-bond acceptors (Lipinski definition) is 5. The van der Waals surface area contributed by atoms with Gasteiger partial charge >= 0.3 is 5.97 Å². The highest BCUT2D eigenvalue weighted by atomic mass is 35.5. The number of benzene rings is 2. The highest BCUT2D eigenvalue weighted by Crippen LogP contribution is 2.43. The number of nitrogens with zero attached hydrogens (tertiary/aromatic N) is 3. The maximum absolute atomic E-state index is 12.3. The summed E-state index contributed by atoms with van der Waals surface area (Å²) >= 11 is 19.4. The van der Waals surface area contributed by atoms with Gasteiger partial charge in [0.05, 0.1) is 46.1 Å². The summed E-state index contributed by atoms with van der Waals surface area (Å²) < 4.78 is 12.1. The molecule has 0 saturated carbocycles. The predicted molar refractivity (Wildman–Crippen MR) is 111 cm³/mol. The van der Waals surface area contributed by atoms with Gasteiger partial charge in [-0.3, -0.25) is 0 Å². The van der Waals surface area contributed by atoms with Gasteiger partial charge in [-0.1, -0.05) is 34.8 Å². The summed E-state index contributed by atoms with van der Waals surface area (Å²) in [6.45, 7) is 1.35. The number of ether oxygens (including phenoxy) is 2. The SMILES string of the molecule is COC(=O)c1ccc(Cl)c2nc3n(c12)CCCN3c1c(Cl)cc(OC)cc1Cl. The summed E-state index contributed by atoms with van der Waals surface area (Å²) in [7, 11) is 2.90. The molecule has 0 atom stereocenters. The van der Waals surface area contributed by atoms with Crippen LogP contribution in [0, 0.1) is 0 Å². The fourth-order valence-electron chi connectivity index (χ4n) is 3.50. The number of methoxy groups -OCH3 is 2. The number of halogens is 3. The number of esters is 1. The van der Waals surface area contributed by atoms with Crippen LogP contribution >= 0.6 is 34.8 Å². The lowest BCUT2D eigenvalue weighted by molar-refractivity contribution is 0.0602. The molecular weight excluding hydrogens is 425 g/mol. The minimum Gasteiger partial charge on any atom is -0.497 e. The first kappa shape index (κ1) is 19.2. The fraction of sp³-hybridized carbons (Fsp3) is 0.263. The Hall–Kier alpha value is -2.15. The van der Waals surface area contributed by atoms with Crippen molar-refractivity contribution in [3.8, 4) is 5.75 Å². The second-order valence-electron chi connectivity index (χ2n) is 6.29. The minimum atomic E-state index is -0.443. The van der Waals surface area contributed by atoms with Crippen LogP contribution in [0.15, 0.2) is 24.3 Å². The van der Waals surface area contributed by atoms with Gasteiger partial charge in [0, 0.05) is 25.2 Å². The molecule has 4 rings (SSSR count). The van der Waals surface area contributed by atoms with Gasteiger partial charge in [-0.15, -0.1) is 0 Å². The molecule has 6 nitrogen and oxygen atoms in total. The Bertz CT molecular complexity index is 1070. The summed E-state index contributed by atoms with van der Waals surface area (Å²) in [5, 5.41) is 1.35. The molecule has 2 heterocycles. The minimum absolute atomic E-state index is 0.412. The van der Waals surface area contributed by atoms with Gasteiger partial charge in [-0.2, -0.15) is 0 Å². The molecule has 0 bridgehead atoms. The summed E-state index contributed by atoms with van der Waals surface area (Å²) in [6, 6.07) is 6.71. The number of hydrogen-bond donors (Lipinski definition) is 0. The third-order valence-corrected chi connectivity index (χ3v) is 5.61. The molecule has 2 aromatic carbocycles. The summed E-state index contributed by atoms with van der Waals surface area (Å²) in [4.78, 5) is 18.9. The molecule has 0 spiro atoms. The highest BCUT2D eigenvalue weighted by molar-refractivity contribution is 6.39. The van der Waals surface area contributed by atoms with Crippen molar-refractivity contribution in [2.75, 3.05) is 25.7 Å². The maximum Gasteiger partial charge on any atom is 0.340 e. The average Bonchev–Trinajstić information content (AvgIpc) is 3.08. The Morgan fingerprint density at radius 2 is 1.79 bits per heavy atom. The van der Waals surface area contributed by atoms with E-state index in [1.54, 1.807) is 31.4 Å². The van der Waals surface area contributed by atoms with E-state index in [4.69, 9.17) is 49.3 Å². The molecule has 1 aromatic heterocycles. The summed E-state index contributed by atoms with van der Waals surface area (Å²) in [5.74, 6) is 0.746. The van der Waals surface area contributed by atoms with Crippen molar-refractivity contribution in [1.82, 2.24) is 9.55 Å². The van der Waals surface area contributed by atoms with Crippen molar-refractivity contribution in [2.45, 2.75) is 13.0 Å². The van der Waals surface area contributed by atoms with Crippen LogP contribution < -0.4 is 9.64 Å². The smallest absolute Gasteiger partial charge is 0.340 e. The molecule has 146 valence electrons. The molecule has 0 N–H and O–H groups in total. The van der Waals surface area contributed by atoms with E-state index in [9.17, 15) is 4.79 Å². The molecule has 0 unspecified atom stereocenters. The molecule has 0 amide bonds. The predicted octanol–water partition coefficient (Wildman–Crippen LogP) is 5.33. The summed E-state index contributed by atoms with van der Waals surface area (Å²) in [6.07, 6.45) is 0.810. The lowest BCUT2D eigenvalue weighted by Gasteiger charge is -2.30. The van der Waals surface area contributed by atoms with Crippen LogP contribution in [0.4, 0.5) is 11.6 Å². The highest BCUT2D eigenvalue weighted by Gasteiger charge is 2.29. The van der Waals surface area contributed by atoms with E-state index in [-0.39, 0.29) is 0 Å². The van der Waals surface area contributed by atoms with Gasteiger partial charge in [0.1, 0.15) is 11.3 Å². The average molecular weight is 441 g/mol. The number of aromatic nitrogens is 2. The lowest BCUT2D eigenvalue weighted by Crippen LogP contribution is -2.29. The van der Waals surface area contributed by atoms with E-state index >= 15 is 0 Å². The van der Waals surface area contributed by atoms with Crippen molar-refractivity contribution in [3.05, 3.63) is 44.9 Å². The van der Waals surface area contributed by atoms with E-state index < -0.39 is 5.97 Å². The van der Waals surface area contributed by atoms with Crippen molar-refractivity contribution >= 4 is 63.4 Å². The topological polar surface area (TPSA) is 56.6 Å². The van der Waals surface area contributed by atoms with Crippen LogP contribution in [-0.2, 0) is 11.3 Å². The third-order valence-electron chi connectivity index (χ3n) is 4.73. The van der Waals surface area contributed by atoms with E-state index in [1.165, 1.54) is 7.11 Å². The molecule has 3 aromatic rings. The molecule has 0 fully saturated rings. The molecule has 0 aliphatic carbocycles. The molecular formula is C19H16Cl3N3O3. The van der Waals surface area contributed by atoms with Crippen LogP contribution in [0.3, 0.4) is 0 Å². The monoisotopic (exact) mass is 439 g/mol. The lowest BCUT2D eigenvalue weighted by atomic mass is 10.1. The number of aryl methyl sites for hydroxylation is 1. The number of rotatable bonds is 3. The number of anilines is 2. The van der Waals surface area contributed by atoms with Crippen LogP contribution in [0.1, 0.15) is 16.8 Å². The largest absolute Gasteiger partial charge is 0.497 e. The number of carbonyl (C=O) groups excluding carboxylic acids is 1.